The van der Waals surface area contributed by atoms with Crippen LogP contribution in [0.25, 0.3) is 22.5 Å². The van der Waals surface area contributed by atoms with Crippen LogP contribution in [0.2, 0.25) is 0 Å². The van der Waals surface area contributed by atoms with Gasteiger partial charge in [0.05, 0.1) is 19.2 Å². The molecule has 0 bridgehead atoms. The number of para-hydroxylation sites is 1. The van der Waals surface area contributed by atoms with E-state index in [0.29, 0.717) is 28.4 Å². The van der Waals surface area contributed by atoms with E-state index in [1.54, 1.807) is 6.07 Å². The van der Waals surface area contributed by atoms with E-state index in [2.05, 4.69) is 15.1 Å². The van der Waals surface area contributed by atoms with Gasteiger partial charge in [-0.15, -0.1) is 0 Å². The molecule has 0 aliphatic heterocycles. The van der Waals surface area contributed by atoms with Crippen LogP contribution in [0.4, 0.5) is 0 Å². The summed E-state index contributed by atoms with van der Waals surface area (Å²) < 4.78 is 15.3. The number of fused-ring (bicyclic) bond motifs is 1. The zero-order chi connectivity index (χ0) is 12.5. The smallest absolute Gasteiger partial charge is 0.394 e. The fourth-order valence-electron chi connectivity index (χ4n) is 1.64. The van der Waals surface area contributed by atoms with Gasteiger partial charge in [0.2, 0.25) is 11.7 Å². The zero-order valence-electron chi connectivity index (χ0n) is 9.58. The number of benzene rings is 1. The van der Waals surface area contributed by atoms with Gasteiger partial charge < -0.3 is 19.4 Å². The Kier molecular flexibility index (Phi) is 2.45. The summed E-state index contributed by atoms with van der Waals surface area (Å²) in [6, 6.07) is 5.44. The summed E-state index contributed by atoms with van der Waals surface area (Å²) in [5.74, 6) is 0.800. The van der Waals surface area contributed by atoms with Crippen molar-refractivity contribution in [2.75, 3.05) is 7.11 Å². The second-order valence-electron chi connectivity index (χ2n) is 3.55. The molecule has 0 saturated heterocycles. The zero-order valence-corrected chi connectivity index (χ0v) is 9.58. The Morgan fingerprint density at radius 1 is 1.33 bits per heavy atom. The van der Waals surface area contributed by atoms with Crippen molar-refractivity contribution in [3.05, 3.63) is 24.1 Å². The lowest BCUT2D eigenvalue weighted by Gasteiger charge is -1.93. The van der Waals surface area contributed by atoms with Crippen LogP contribution in [0.5, 0.6) is 6.08 Å². The average molecular weight is 246 g/mol. The Hall–Kier alpha value is -2.41. The van der Waals surface area contributed by atoms with Gasteiger partial charge in [0.15, 0.2) is 5.58 Å². The van der Waals surface area contributed by atoms with Gasteiger partial charge in [-0.1, -0.05) is 11.2 Å². The minimum Gasteiger partial charge on any atom is -0.453 e. The van der Waals surface area contributed by atoms with Gasteiger partial charge in [0.25, 0.3) is 0 Å². The number of rotatable bonds is 3. The summed E-state index contributed by atoms with van der Waals surface area (Å²) in [5, 5.41) is 3.85. The van der Waals surface area contributed by atoms with Gasteiger partial charge in [-0.05, 0) is 12.1 Å². The maximum atomic E-state index is 5.43. The van der Waals surface area contributed by atoms with Crippen LogP contribution in [0.1, 0.15) is 5.89 Å². The van der Waals surface area contributed by atoms with Crippen LogP contribution in [0.15, 0.2) is 27.1 Å². The van der Waals surface area contributed by atoms with Crippen LogP contribution in [-0.2, 0) is 6.54 Å². The van der Waals surface area contributed by atoms with E-state index >= 15 is 0 Å². The summed E-state index contributed by atoms with van der Waals surface area (Å²) in [5.41, 5.74) is 7.36. The molecule has 7 nitrogen and oxygen atoms in total. The molecule has 2 aromatic heterocycles. The molecule has 0 aliphatic carbocycles. The standard InChI is InChI=1S/C11H10N4O3/c1-16-11-14-9-6(3-2-4-7(9)17-11)10-13-8(5-12)18-15-10/h2-4H,5,12H2,1H3. The maximum Gasteiger partial charge on any atom is 0.394 e. The maximum absolute atomic E-state index is 5.43. The number of nitrogens with two attached hydrogens (primary N) is 1. The molecule has 92 valence electrons. The first-order valence-electron chi connectivity index (χ1n) is 5.28. The van der Waals surface area contributed by atoms with E-state index in [9.17, 15) is 0 Å². The first-order chi connectivity index (χ1) is 8.81. The van der Waals surface area contributed by atoms with Gasteiger partial charge in [-0.25, -0.2) is 0 Å². The molecule has 0 amide bonds. The first-order valence-corrected chi connectivity index (χ1v) is 5.28. The van der Waals surface area contributed by atoms with Crippen LogP contribution < -0.4 is 10.5 Å². The molecule has 0 atom stereocenters. The highest BCUT2D eigenvalue weighted by Gasteiger charge is 2.15. The fraction of sp³-hybridized carbons (Fsp3) is 0.182. The number of hydrogen-bond acceptors (Lipinski definition) is 7. The monoisotopic (exact) mass is 246 g/mol. The largest absolute Gasteiger partial charge is 0.453 e. The molecule has 0 spiro atoms. The lowest BCUT2D eigenvalue weighted by Crippen LogP contribution is -1.95. The van der Waals surface area contributed by atoms with Crippen molar-refractivity contribution in [1.29, 1.82) is 0 Å². The van der Waals surface area contributed by atoms with E-state index in [-0.39, 0.29) is 12.6 Å². The number of aromatic nitrogens is 3. The van der Waals surface area contributed by atoms with Crippen LogP contribution in [0, 0.1) is 0 Å². The summed E-state index contributed by atoms with van der Waals surface area (Å²) in [4.78, 5) is 8.36. The molecule has 2 N–H and O–H groups in total. The third kappa shape index (κ3) is 1.61. The highest BCUT2D eigenvalue weighted by molar-refractivity contribution is 5.88. The Labute approximate surface area is 102 Å². The number of methoxy groups -OCH3 is 1. The molecule has 0 unspecified atom stereocenters. The van der Waals surface area contributed by atoms with Crippen molar-refractivity contribution in [2.45, 2.75) is 6.54 Å². The van der Waals surface area contributed by atoms with Gasteiger partial charge in [0.1, 0.15) is 5.52 Å². The molecule has 3 aromatic rings. The fourth-order valence-corrected chi connectivity index (χ4v) is 1.64. The Morgan fingerprint density at radius 2 is 2.22 bits per heavy atom. The van der Waals surface area contributed by atoms with E-state index in [1.165, 1.54) is 7.11 Å². The van der Waals surface area contributed by atoms with Crippen molar-refractivity contribution in [1.82, 2.24) is 15.1 Å². The van der Waals surface area contributed by atoms with Gasteiger partial charge in [0, 0.05) is 0 Å². The predicted octanol–water partition coefficient (Wildman–Crippen LogP) is 1.35. The van der Waals surface area contributed by atoms with E-state index in [4.69, 9.17) is 19.4 Å². The lowest BCUT2D eigenvalue weighted by molar-refractivity contribution is 0.299. The quantitative estimate of drug-likeness (QED) is 0.744. The van der Waals surface area contributed by atoms with Crippen LogP contribution in [-0.4, -0.2) is 22.2 Å². The molecule has 2 heterocycles. The summed E-state index contributed by atoms with van der Waals surface area (Å²) in [6.07, 6.45) is 0.194. The summed E-state index contributed by atoms with van der Waals surface area (Å²) >= 11 is 0. The van der Waals surface area contributed by atoms with Crippen molar-refractivity contribution in [3.63, 3.8) is 0 Å². The van der Waals surface area contributed by atoms with Crippen LogP contribution >= 0.6 is 0 Å². The minimum absolute atomic E-state index is 0.194. The highest BCUT2D eigenvalue weighted by atomic mass is 16.6. The second-order valence-corrected chi connectivity index (χ2v) is 3.55. The van der Waals surface area contributed by atoms with Crippen molar-refractivity contribution < 1.29 is 13.7 Å². The molecule has 0 fully saturated rings. The Morgan fingerprint density at radius 3 is 2.94 bits per heavy atom. The molecule has 0 radical (unpaired) electrons. The van der Waals surface area contributed by atoms with E-state index < -0.39 is 0 Å². The molecule has 18 heavy (non-hydrogen) atoms. The average Bonchev–Trinajstić information content (AvgIpc) is 3.04. The molecule has 7 heteroatoms. The molecule has 1 aromatic carbocycles. The van der Waals surface area contributed by atoms with Crippen molar-refractivity contribution >= 4 is 11.1 Å². The number of ether oxygens (including phenoxy) is 1. The van der Waals surface area contributed by atoms with Crippen molar-refractivity contribution in [3.8, 4) is 17.5 Å². The second kappa shape index (κ2) is 4.11. The number of nitrogens with zero attached hydrogens (tertiary/aromatic N) is 3. The Bertz CT molecular complexity index is 688. The molecular weight excluding hydrogens is 236 g/mol. The third-order valence-electron chi connectivity index (χ3n) is 2.46. The van der Waals surface area contributed by atoms with Gasteiger partial charge in [-0.3, -0.25) is 0 Å². The van der Waals surface area contributed by atoms with E-state index in [0.717, 1.165) is 0 Å². The predicted molar refractivity (Wildman–Crippen MR) is 61.7 cm³/mol. The highest BCUT2D eigenvalue weighted by Crippen LogP contribution is 2.28. The SMILES string of the molecule is COc1nc2c(-c3noc(CN)n3)cccc2o1. The minimum atomic E-state index is 0.194. The molecule has 0 aliphatic rings. The summed E-state index contributed by atoms with van der Waals surface area (Å²) in [7, 11) is 1.49. The van der Waals surface area contributed by atoms with Gasteiger partial charge >= 0.3 is 6.08 Å². The number of oxazole rings is 1. The normalized spacial score (nSPS) is 11.0. The van der Waals surface area contributed by atoms with Crippen molar-refractivity contribution in [2.24, 2.45) is 5.73 Å². The molecular formula is C11H10N4O3. The molecule has 3 rings (SSSR count). The Balaban J connectivity index is 2.18. The third-order valence-corrected chi connectivity index (χ3v) is 2.46. The van der Waals surface area contributed by atoms with E-state index in [1.807, 2.05) is 12.1 Å². The van der Waals surface area contributed by atoms with Gasteiger partial charge in [-0.2, -0.15) is 9.97 Å². The molecule has 0 saturated carbocycles. The summed E-state index contributed by atoms with van der Waals surface area (Å²) in [6.45, 7) is 0.200. The lowest BCUT2D eigenvalue weighted by atomic mass is 10.2. The topological polar surface area (TPSA) is 100 Å². The number of hydrogen-bond donors (Lipinski definition) is 1. The van der Waals surface area contributed by atoms with Crippen LogP contribution in [0.3, 0.4) is 0 Å². The first kappa shape index (κ1) is 10.7.